The molecule has 0 aromatic carbocycles. The number of hydrogen-bond acceptors (Lipinski definition) is 4. The van der Waals surface area contributed by atoms with E-state index in [2.05, 4.69) is 4.98 Å². The van der Waals surface area contributed by atoms with Crippen LogP contribution in [0.2, 0.25) is 0 Å². The van der Waals surface area contributed by atoms with Gasteiger partial charge in [0.1, 0.15) is 17.3 Å². The van der Waals surface area contributed by atoms with Gasteiger partial charge in [-0.1, -0.05) is 0 Å². The van der Waals surface area contributed by atoms with E-state index in [0.29, 0.717) is 5.65 Å². The molecular weight excluding hydrogens is 210 g/mol. The van der Waals surface area contributed by atoms with Gasteiger partial charge >= 0.3 is 5.97 Å². The van der Waals surface area contributed by atoms with Gasteiger partial charge in [0.05, 0.1) is 11.8 Å². The number of carbonyl (C=O) groups is 1. The van der Waals surface area contributed by atoms with E-state index in [1.807, 2.05) is 0 Å². The summed E-state index contributed by atoms with van der Waals surface area (Å²) in [4.78, 5) is 26.2. The maximum absolute atomic E-state index is 11.6. The highest BCUT2D eigenvalue weighted by Gasteiger charge is 2.07. The van der Waals surface area contributed by atoms with Crippen LogP contribution in [0.5, 0.6) is 0 Å². The first kappa shape index (κ1) is 9.86. The van der Waals surface area contributed by atoms with Crippen molar-refractivity contribution in [2.24, 2.45) is 0 Å². The van der Waals surface area contributed by atoms with Crippen LogP contribution in [0.3, 0.4) is 0 Å². The molecular formula is C10H5N3O3. The Morgan fingerprint density at radius 2 is 2.25 bits per heavy atom. The molecule has 1 N–H and O–H groups in total. The predicted octanol–water partition coefficient (Wildman–Crippen LogP) is 0.264. The zero-order valence-electron chi connectivity index (χ0n) is 7.91. The zero-order chi connectivity index (χ0) is 11.7. The number of hydrogen-bond donors (Lipinski definition) is 1. The van der Waals surface area contributed by atoms with Crippen molar-refractivity contribution in [1.29, 1.82) is 5.26 Å². The van der Waals surface area contributed by atoms with E-state index in [1.54, 1.807) is 6.07 Å². The summed E-state index contributed by atoms with van der Waals surface area (Å²) in [5, 5.41) is 17.4. The van der Waals surface area contributed by atoms with Gasteiger partial charge in [-0.15, -0.1) is 0 Å². The summed E-state index contributed by atoms with van der Waals surface area (Å²) >= 11 is 0. The SMILES string of the molecule is N#Cc1cnc2ccc(C(=O)O)cn2c1=O. The second kappa shape index (κ2) is 3.47. The van der Waals surface area contributed by atoms with E-state index in [-0.39, 0.29) is 11.1 Å². The maximum Gasteiger partial charge on any atom is 0.337 e. The summed E-state index contributed by atoms with van der Waals surface area (Å²) in [6, 6.07) is 4.44. The third kappa shape index (κ3) is 1.40. The third-order valence-electron chi connectivity index (χ3n) is 2.07. The number of aromatic carboxylic acids is 1. The highest BCUT2D eigenvalue weighted by molar-refractivity contribution is 5.87. The lowest BCUT2D eigenvalue weighted by Crippen LogP contribution is -2.18. The lowest BCUT2D eigenvalue weighted by molar-refractivity contribution is 0.0696. The summed E-state index contributed by atoms with van der Waals surface area (Å²) in [5.41, 5.74) is -0.434. The first-order chi connectivity index (χ1) is 7.63. The molecule has 16 heavy (non-hydrogen) atoms. The van der Waals surface area contributed by atoms with E-state index in [9.17, 15) is 9.59 Å². The molecule has 6 nitrogen and oxygen atoms in total. The smallest absolute Gasteiger partial charge is 0.337 e. The molecule has 0 saturated heterocycles. The first-order valence-corrected chi connectivity index (χ1v) is 4.28. The Bertz CT molecular complexity index is 682. The maximum atomic E-state index is 11.6. The lowest BCUT2D eigenvalue weighted by atomic mass is 10.2. The predicted molar refractivity (Wildman–Crippen MR) is 53.1 cm³/mol. The molecule has 2 rings (SSSR count). The van der Waals surface area contributed by atoms with Crippen molar-refractivity contribution in [1.82, 2.24) is 9.38 Å². The van der Waals surface area contributed by atoms with Crippen LogP contribution in [-0.4, -0.2) is 20.5 Å². The van der Waals surface area contributed by atoms with E-state index in [0.717, 1.165) is 16.8 Å². The van der Waals surface area contributed by atoms with Crippen molar-refractivity contribution >= 4 is 11.6 Å². The molecule has 0 saturated carbocycles. The summed E-state index contributed by atoms with van der Waals surface area (Å²) < 4.78 is 1.04. The molecule has 0 amide bonds. The van der Waals surface area contributed by atoms with Crippen molar-refractivity contribution in [3.8, 4) is 6.07 Å². The third-order valence-corrected chi connectivity index (χ3v) is 2.07. The molecule has 0 unspecified atom stereocenters. The van der Waals surface area contributed by atoms with Crippen LogP contribution < -0.4 is 5.56 Å². The van der Waals surface area contributed by atoms with Gasteiger partial charge in [-0.25, -0.2) is 9.78 Å². The molecule has 0 aliphatic rings. The van der Waals surface area contributed by atoms with E-state index >= 15 is 0 Å². The fraction of sp³-hybridized carbons (Fsp3) is 0. The number of rotatable bonds is 1. The van der Waals surface area contributed by atoms with Crippen molar-refractivity contribution < 1.29 is 9.90 Å². The van der Waals surface area contributed by atoms with Gasteiger partial charge in [0.2, 0.25) is 0 Å². The van der Waals surface area contributed by atoms with Crippen molar-refractivity contribution in [3.05, 3.63) is 46.0 Å². The van der Waals surface area contributed by atoms with Gasteiger partial charge in [-0.05, 0) is 12.1 Å². The average molecular weight is 215 g/mol. The van der Waals surface area contributed by atoms with Gasteiger partial charge in [-0.3, -0.25) is 9.20 Å². The van der Waals surface area contributed by atoms with Crippen LogP contribution in [0.4, 0.5) is 0 Å². The van der Waals surface area contributed by atoms with Crippen LogP contribution in [0, 0.1) is 11.3 Å². The van der Waals surface area contributed by atoms with Gasteiger partial charge in [0, 0.05) is 6.20 Å². The molecule has 0 bridgehead atoms. The van der Waals surface area contributed by atoms with Crippen LogP contribution >= 0.6 is 0 Å². The second-order valence-electron chi connectivity index (χ2n) is 3.04. The Morgan fingerprint density at radius 3 is 2.88 bits per heavy atom. The minimum absolute atomic E-state index is 0.0357. The fourth-order valence-electron chi connectivity index (χ4n) is 1.28. The molecule has 2 heterocycles. The number of nitriles is 1. The standard InChI is InChI=1S/C10H5N3O3/c11-3-7-4-12-8-2-1-6(10(15)16)5-13(8)9(7)14/h1-2,4-5H,(H,15,16). The summed E-state index contributed by atoms with van der Waals surface area (Å²) in [7, 11) is 0. The minimum Gasteiger partial charge on any atom is -0.478 e. The zero-order valence-corrected chi connectivity index (χ0v) is 7.91. The number of carboxylic acid groups (broad SMARTS) is 1. The Hall–Kier alpha value is -2.68. The fourth-order valence-corrected chi connectivity index (χ4v) is 1.28. The number of nitrogens with zero attached hydrogens (tertiary/aromatic N) is 3. The molecule has 0 radical (unpaired) electrons. The molecule has 0 fully saturated rings. The first-order valence-electron chi connectivity index (χ1n) is 4.28. The largest absolute Gasteiger partial charge is 0.478 e. The Morgan fingerprint density at radius 1 is 1.50 bits per heavy atom. The Balaban J connectivity index is 2.86. The Kier molecular flexibility index (Phi) is 2.14. The molecule has 0 aliphatic heterocycles. The quantitative estimate of drug-likeness (QED) is 0.736. The second-order valence-corrected chi connectivity index (χ2v) is 3.04. The van der Waals surface area contributed by atoms with Gasteiger partial charge < -0.3 is 5.11 Å². The molecule has 2 aromatic rings. The molecule has 0 spiro atoms. The molecule has 0 aliphatic carbocycles. The summed E-state index contributed by atoms with van der Waals surface area (Å²) in [6.07, 6.45) is 2.31. The van der Waals surface area contributed by atoms with Gasteiger partial charge in [-0.2, -0.15) is 5.26 Å². The van der Waals surface area contributed by atoms with Crippen LogP contribution in [-0.2, 0) is 0 Å². The van der Waals surface area contributed by atoms with Crippen molar-refractivity contribution in [2.45, 2.75) is 0 Å². The van der Waals surface area contributed by atoms with Crippen molar-refractivity contribution in [2.75, 3.05) is 0 Å². The monoisotopic (exact) mass is 215 g/mol. The Labute approximate surface area is 89.0 Å². The summed E-state index contributed by atoms with van der Waals surface area (Å²) in [6.45, 7) is 0. The van der Waals surface area contributed by atoms with E-state index in [1.165, 1.54) is 12.1 Å². The number of carboxylic acids is 1. The highest BCUT2D eigenvalue weighted by atomic mass is 16.4. The molecule has 6 heteroatoms. The minimum atomic E-state index is -1.14. The van der Waals surface area contributed by atoms with E-state index < -0.39 is 11.5 Å². The molecule has 2 aromatic heterocycles. The van der Waals surface area contributed by atoms with Crippen LogP contribution in [0.25, 0.3) is 5.65 Å². The lowest BCUT2D eigenvalue weighted by Gasteiger charge is -2.01. The number of pyridine rings is 1. The van der Waals surface area contributed by atoms with Crippen LogP contribution in [0.1, 0.15) is 15.9 Å². The van der Waals surface area contributed by atoms with Crippen molar-refractivity contribution in [3.63, 3.8) is 0 Å². The molecule has 0 atom stereocenters. The molecule has 78 valence electrons. The number of fused-ring (bicyclic) bond motifs is 1. The highest BCUT2D eigenvalue weighted by Crippen LogP contribution is 2.02. The van der Waals surface area contributed by atoms with Gasteiger partial charge in [0.25, 0.3) is 5.56 Å². The summed E-state index contributed by atoms with van der Waals surface area (Å²) in [5.74, 6) is -1.14. The van der Waals surface area contributed by atoms with E-state index in [4.69, 9.17) is 10.4 Å². The normalized spacial score (nSPS) is 9.94. The van der Waals surface area contributed by atoms with Gasteiger partial charge in [0.15, 0.2) is 0 Å². The van der Waals surface area contributed by atoms with Crippen LogP contribution in [0.15, 0.2) is 29.3 Å². The topological polar surface area (TPSA) is 95.5 Å². The number of aromatic nitrogens is 2. The average Bonchev–Trinajstić information content (AvgIpc) is 2.29.